The molecule has 1 fully saturated rings. The van der Waals surface area contributed by atoms with Gasteiger partial charge >= 0.3 is 12.1 Å². The lowest BCUT2D eigenvalue weighted by molar-refractivity contribution is -0.137. The first-order valence-corrected chi connectivity index (χ1v) is 8.80. The highest BCUT2D eigenvalue weighted by Gasteiger charge is 2.32. The molecule has 1 saturated heterocycles. The fourth-order valence-corrected chi connectivity index (χ4v) is 3.08. The highest BCUT2D eigenvalue weighted by atomic mass is 19.4. The molecule has 0 spiro atoms. The molecule has 0 unspecified atom stereocenters. The Morgan fingerprint density at radius 3 is 2.25 bits per heavy atom. The summed E-state index contributed by atoms with van der Waals surface area (Å²) in [5.74, 6) is -0.758. The Morgan fingerprint density at radius 1 is 1.04 bits per heavy atom. The normalized spacial score (nSPS) is 14.1. The number of rotatable bonds is 4. The largest absolute Gasteiger partial charge is 0.427 e. The smallest absolute Gasteiger partial charge is 0.416 e. The number of anilines is 2. The van der Waals surface area contributed by atoms with Gasteiger partial charge in [0.1, 0.15) is 5.75 Å². The molecule has 8 heteroatoms. The predicted molar refractivity (Wildman–Crippen MR) is 98.6 cm³/mol. The van der Waals surface area contributed by atoms with Crippen LogP contribution in [0.3, 0.4) is 0 Å². The molecular formula is C20H19F3N2O3. The summed E-state index contributed by atoms with van der Waals surface area (Å²) in [6.45, 7) is 2.71. The van der Waals surface area contributed by atoms with E-state index in [4.69, 9.17) is 4.74 Å². The van der Waals surface area contributed by atoms with Crippen molar-refractivity contribution in [2.75, 3.05) is 23.3 Å². The lowest BCUT2D eigenvalue weighted by Crippen LogP contribution is -2.22. The van der Waals surface area contributed by atoms with Crippen LogP contribution in [-0.2, 0) is 11.0 Å². The van der Waals surface area contributed by atoms with Gasteiger partial charge in [-0.05, 0) is 55.3 Å². The lowest BCUT2D eigenvalue weighted by Gasteiger charge is -2.23. The van der Waals surface area contributed by atoms with Crippen molar-refractivity contribution in [2.24, 2.45) is 0 Å². The summed E-state index contributed by atoms with van der Waals surface area (Å²) in [4.78, 5) is 25.5. The van der Waals surface area contributed by atoms with Gasteiger partial charge < -0.3 is 15.0 Å². The van der Waals surface area contributed by atoms with E-state index in [1.807, 2.05) is 4.90 Å². The van der Waals surface area contributed by atoms with E-state index in [0.29, 0.717) is 5.69 Å². The van der Waals surface area contributed by atoms with Crippen LogP contribution in [0.2, 0.25) is 0 Å². The first-order chi connectivity index (χ1) is 13.2. The number of carbonyl (C=O) groups is 2. The van der Waals surface area contributed by atoms with Crippen molar-refractivity contribution in [3.63, 3.8) is 0 Å². The number of benzene rings is 2. The van der Waals surface area contributed by atoms with Gasteiger partial charge in [-0.3, -0.25) is 9.59 Å². The standard InChI is InChI=1S/C20H19F3N2O3/c1-13(26)28-16-7-4-14(5-8-16)19(27)24-17-12-15(20(21,22)23)6-9-18(17)25-10-2-3-11-25/h4-9,12H,2-3,10-11H2,1H3,(H,24,27). The maximum atomic E-state index is 13.1. The predicted octanol–water partition coefficient (Wildman–Crippen LogP) is 4.48. The molecule has 28 heavy (non-hydrogen) atoms. The SMILES string of the molecule is CC(=O)Oc1ccc(C(=O)Nc2cc(C(F)(F)F)ccc2N2CCCC2)cc1. The molecule has 0 aliphatic carbocycles. The van der Waals surface area contributed by atoms with Crippen LogP contribution in [0.1, 0.15) is 35.7 Å². The number of nitrogens with one attached hydrogen (secondary N) is 1. The van der Waals surface area contributed by atoms with Crippen molar-refractivity contribution in [1.29, 1.82) is 0 Å². The van der Waals surface area contributed by atoms with Crippen LogP contribution in [0, 0.1) is 0 Å². The van der Waals surface area contributed by atoms with Crippen LogP contribution in [-0.4, -0.2) is 25.0 Å². The Labute approximate surface area is 160 Å². The minimum Gasteiger partial charge on any atom is -0.427 e. The number of ether oxygens (including phenoxy) is 1. The third-order valence-corrected chi connectivity index (χ3v) is 4.40. The number of amides is 1. The van der Waals surface area contributed by atoms with Crippen molar-refractivity contribution in [3.05, 3.63) is 53.6 Å². The summed E-state index contributed by atoms with van der Waals surface area (Å²) in [6.07, 6.45) is -2.60. The molecule has 1 amide bonds. The Bertz CT molecular complexity index is 873. The number of nitrogens with zero attached hydrogens (tertiary/aromatic N) is 1. The topological polar surface area (TPSA) is 58.6 Å². The Balaban J connectivity index is 1.86. The maximum absolute atomic E-state index is 13.1. The van der Waals surface area contributed by atoms with Gasteiger partial charge in [0.15, 0.2) is 0 Å². The number of halogens is 3. The number of carbonyl (C=O) groups excluding carboxylic acids is 2. The molecule has 2 aromatic rings. The zero-order valence-corrected chi connectivity index (χ0v) is 15.2. The van der Waals surface area contributed by atoms with E-state index in [1.165, 1.54) is 37.3 Å². The molecule has 3 rings (SSSR count). The van der Waals surface area contributed by atoms with Crippen LogP contribution >= 0.6 is 0 Å². The second-order valence-electron chi connectivity index (χ2n) is 6.50. The van der Waals surface area contributed by atoms with E-state index < -0.39 is 23.6 Å². The van der Waals surface area contributed by atoms with Gasteiger partial charge in [-0.1, -0.05) is 0 Å². The number of hydrogen-bond acceptors (Lipinski definition) is 4. The average Bonchev–Trinajstić information content (AvgIpc) is 3.15. The molecule has 1 aliphatic heterocycles. The summed E-state index contributed by atoms with van der Waals surface area (Å²) in [6, 6.07) is 9.16. The van der Waals surface area contributed by atoms with E-state index in [-0.39, 0.29) is 17.0 Å². The van der Waals surface area contributed by atoms with Gasteiger partial charge in [0.25, 0.3) is 5.91 Å². The monoisotopic (exact) mass is 392 g/mol. The number of esters is 1. The van der Waals surface area contributed by atoms with Gasteiger partial charge in [-0.25, -0.2) is 0 Å². The third kappa shape index (κ3) is 4.62. The molecule has 0 aromatic heterocycles. The molecule has 2 aromatic carbocycles. The summed E-state index contributed by atoms with van der Waals surface area (Å²) < 4.78 is 44.3. The van der Waals surface area contributed by atoms with Crippen LogP contribution in [0.15, 0.2) is 42.5 Å². The zero-order valence-electron chi connectivity index (χ0n) is 15.2. The molecule has 0 saturated carbocycles. The van der Waals surface area contributed by atoms with Crippen LogP contribution in [0.5, 0.6) is 5.75 Å². The van der Waals surface area contributed by atoms with Crippen molar-refractivity contribution in [1.82, 2.24) is 0 Å². The summed E-state index contributed by atoms with van der Waals surface area (Å²) in [5, 5.41) is 2.59. The fourth-order valence-electron chi connectivity index (χ4n) is 3.08. The molecule has 148 valence electrons. The first kappa shape index (κ1) is 19.7. The quantitative estimate of drug-likeness (QED) is 0.616. The highest BCUT2D eigenvalue weighted by molar-refractivity contribution is 6.06. The van der Waals surface area contributed by atoms with Crippen LogP contribution < -0.4 is 15.0 Å². The van der Waals surface area contributed by atoms with Gasteiger partial charge in [-0.15, -0.1) is 0 Å². The second kappa shape index (κ2) is 7.92. The zero-order chi connectivity index (χ0) is 20.3. The molecule has 5 nitrogen and oxygen atoms in total. The summed E-state index contributed by atoms with van der Waals surface area (Å²) in [5.41, 5.74) is 0.0952. The fraction of sp³-hybridized carbons (Fsp3) is 0.300. The minimum absolute atomic E-state index is 0.116. The summed E-state index contributed by atoms with van der Waals surface area (Å²) in [7, 11) is 0. The summed E-state index contributed by atoms with van der Waals surface area (Å²) >= 11 is 0. The van der Waals surface area contributed by atoms with Crippen molar-refractivity contribution < 1.29 is 27.5 Å². The molecule has 1 aliphatic rings. The Hall–Kier alpha value is -3.03. The Kier molecular flexibility index (Phi) is 5.58. The first-order valence-electron chi connectivity index (χ1n) is 8.80. The van der Waals surface area contributed by atoms with Gasteiger partial charge in [0, 0.05) is 25.6 Å². The van der Waals surface area contributed by atoms with Crippen LogP contribution in [0.25, 0.3) is 0 Å². The van der Waals surface area contributed by atoms with E-state index in [2.05, 4.69) is 5.32 Å². The van der Waals surface area contributed by atoms with E-state index in [9.17, 15) is 22.8 Å². The molecule has 1 N–H and O–H groups in total. The third-order valence-electron chi connectivity index (χ3n) is 4.40. The number of alkyl halides is 3. The van der Waals surface area contributed by atoms with E-state index >= 15 is 0 Å². The van der Waals surface area contributed by atoms with Crippen molar-refractivity contribution in [3.8, 4) is 5.75 Å². The maximum Gasteiger partial charge on any atom is 0.416 e. The average molecular weight is 392 g/mol. The van der Waals surface area contributed by atoms with E-state index in [1.54, 1.807) is 0 Å². The van der Waals surface area contributed by atoms with Gasteiger partial charge in [0.2, 0.25) is 0 Å². The molecule has 0 atom stereocenters. The van der Waals surface area contributed by atoms with Gasteiger partial charge in [0.05, 0.1) is 16.9 Å². The molecule has 0 radical (unpaired) electrons. The van der Waals surface area contributed by atoms with Gasteiger partial charge in [-0.2, -0.15) is 13.2 Å². The van der Waals surface area contributed by atoms with Crippen molar-refractivity contribution in [2.45, 2.75) is 25.9 Å². The molecular weight excluding hydrogens is 373 g/mol. The number of hydrogen-bond donors (Lipinski definition) is 1. The molecule has 0 bridgehead atoms. The van der Waals surface area contributed by atoms with E-state index in [0.717, 1.165) is 38.1 Å². The Morgan fingerprint density at radius 2 is 1.68 bits per heavy atom. The highest BCUT2D eigenvalue weighted by Crippen LogP contribution is 2.36. The molecule has 1 heterocycles. The van der Waals surface area contributed by atoms with Crippen molar-refractivity contribution >= 4 is 23.3 Å². The minimum atomic E-state index is -4.51. The van der Waals surface area contributed by atoms with Crippen LogP contribution in [0.4, 0.5) is 24.5 Å². The lowest BCUT2D eigenvalue weighted by atomic mass is 10.1. The second-order valence-corrected chi connectivity index (χ2v) is 6.50.